The van der Waals surface area contributed by atoms with Gasteiger partial charge in [-0.3, -0.25) is 9.59 Å². The molecule has 5 rings (SSSR count). The van der Waals surface area contributed by atoms with Crippen LogP contribution in [0, 0.1) is 0 Å². The largest absolute Gasteiger partial charge is 0.507 e. The summed E-state index contributed by atoms with van der Waals surface area (Å²) in [5, 5.41) is 11.8. The summed E-state index contributed by atoms with van der Waals surface area (Å²) in [6, 6.07) is 11.4. The molecular weight excluding hydrogens is 430 g/mol. The Hall–Kier alpha value is -4.27. The second kappa shape index (κ2) is 8.01. The minimum atomic E-state index is -1.11. The molecule has 0 bridgehead atoms. The molecule has 1 aliphatic heterocycles. The van der Waals surface area contributed by atoms with Crippen molar-refractivity contribution >= 4 is 27.8 Å². The monoisotopic (exact) mass is 449 g/mol. The molecule has 33 heavy (non-hydrogen) atoms. The third-order valence-electron chi connectivity index (χ3n) is 5.68. The summed E-state index contributed by atoms with van der Waals surface area (Å²) in [6.45, 7) is 0.796. The minimum absolute atomic E-state index is 0.0995. The van der Waals surface area contributed by atoms with Crippen LogP contribution in [0.25, 0.3) is 21.9 Å². The summed E-state index contributed by atoms with van der Waals surface area (Å²) >= 11 is 0. The van der Waals surface area contributed by atoms with Gasteiger partial charge in [-0.15, -0.1) is 0 Å². The normalized spacial score (nSPS) is 13.7. The Kier molecular flexibility index (Phi) is 5.01. The topological polar surface area (TPSA) is 128 Å². The molecule has 0 radical (unpaired) electrons. The number of pyridine rings is 1. The molecule has 0 saturated carbocycles. The number of para-hydroxylation sites is 1. The van der Waals surface area contributed by atoms with Gasteiger partial charge in [-0.25, -0.2) is 4.79 Å². The van der Waals surface area contributed by atoms with Gasteiger partial charge in [-0.05, 0) is 24.3 Å². The number of rotatable bonds is 4. The van der Waals surface area contributed by atoms with Crippen LogP contribution in [0.4, 0.5) is 0 Å². The van der Waals surface area contributed by atoms with E-state index in [1.807, 2.05) is 0 Å². The molecule has 1 atom stereocenters. The molecule has 168 valence electrons. The second-order valence-electron chi connectivity index (χ2n) is 7.62. The number of hydrogen-bond acceptors (Lipinski definition) is 8. The summed E-state index contributed by atoms with van der Waals surface area (Å²) in [4.78, 5) is 41.0. The van der Waals surface area contributed by atoms with Gasteiger partial charge >= 0.3 is 11.6 Å². The van der Waals surface area contributed by atoms with Crippen LogP contribution in [-0.4, -0.2) is 36.4 Å². The van der Waals surface area contributed by atoms with E-state index < -0.39 is 23.1 Å². The number of ether oxygens (including phenoxy) is 3. The van der Waals surface area contributed by atoms with Crippen molar-refractivity contribution in [3.8, 4) is 17.2 Å². The minimum Gasteiger partial charge on any atom is -0.507 e. The van der Waals surface area contributed by atoms with Crippen molar-refractivity contribution in [3.05, 3.63) is 74.4 Å². The SMILES string of the molecule is COC(=O)C[C@H](c1cc2cc3c(cc2[nH]c1=O)OCCO3)c1c(O)c2ccccc2oc1=O. The van der Waals surface area contributed by atoms with Crippen LogP contribution in [-0.2, 0) is 9.53 Å². The number of methoxy groups -OCH3 is 1. The van der Waals surface area contributed by atoms with Gasteiger partial charge in [0.05, 0.1) is 30.0 Å². The predicted molar refractivity (Wildman–Crippen MR) is 118 cm³/mol. The highest BCUT2D eigenvalue weighted by Crippen LogP contribution is 2.38. The number of hydrogen-bond donors (Lipinski definition) is 2. The molecule has 0 amide bonds. The Labute approximate surface area is 186 Å². The van der Waals surface area contributed by atoms with Gasteiger partial charge in [0.25, 0.3) is 5.56 Å². The number of carbonyl (C=O) groups excluding carboxylic acids is 1. The maximum absolute atomic E-state index is 13.1. The molecule has 2 N–H and O–H groups in total. The summed E-state index contributed by atoms with van der Waals surface area (Å²) in [5.41, 5.74) is -0.776. The summed E-state index contributed by atoms with van der Waals surface area (Å²) in [6.07, 6.45) is -0.355. The second-order valence-corrected chi connectivity index (χ2v) is 7.62. The molecule has 0 saturated heterocycles. The van der Waals surface area contributed by atoms with E-state index in [2.05, 4.69) is 4.98 Å². The predicted octanol–water partition coefficient (Wildman–Crippen LogP) is 2.81. The van der Waals surface area contributed by atoms with E-state index in [4.69, 9.17) is 18.6 Å². The maximum Gasteiger partial charge on any atom is 0.343 e. The van der Waals surface area contributed by atoms with Crippen LogP contribution < -0.4 is 20.7 Å². The van der Waals surface area contributed by atoms with Gasteiger partial charge in [0.15, 0.2) is 11.5 Å². The van der Waals surface area contributed by atoms with Crippen LogP contribution >= 0.6 is 0 Å². The lowest BCUT2D eigenvalue weighted by atomic mass is 9.88. The van der Waals surface area contributed by atoms with E-state index in [1.165, 1.54) is 7.11 Å². The van der Waals surface area contributed by atoms with Crippen molar-refractivity contribution in [1.29, 1.82) is 0 Å². The average Bonchev–Trinajstić information content (AvgIpc) is 2.81. The number of aromatic amines is 1. The molecule has 9 nitrogen and oxygen atoms in total. The first-order valence-electron chi connectivity index (χ1n) is 10.2. The molecule has 0 fully saturated rings. The van der Waals surface area contributed by atoms with Crippen molar-refractivity contribution in [3.63, 3.8) is 0 Å². The van der Waals surface area contributed by atoms with Crippen molar-refractivity contribution in [2.24, 2.45) is 0 Å². The van der Waals surface area contributed by atoms with Gasteiger partial charge < -0.3 is 28.7 Å². The first kappa shape index (κ1) is 20.6. The highest BCUT2D eigenvalue weighted by atomic mass is 16.6. The summed E-state index contributed by atoms with van der Waals surface area (Å²) in [5.74, 6) is -1.09. The zero-order chi connectivity index (χ0) is 23.1. The number of benzene rings is 2. The number of fused-ring (bicyclic) bond motifs is 3. The molecule has 9 heteroatoms. The third-order valence-corrected chi connectivity index (χ3v) is 5.68. The smallest absolute Gasteiger partial charge is 0.343 e. The van der Waals surface area contributed by atoms with Gasteiger partial charge in [0, 0.05) is 22.9 Å². The van der Waals surface area contributed by atoms with Crippen LogP contribution in [0.1, 0.15) is 23.5 Å². The lowest BCUT2D eigenvalue weighted by molar-refractivity contribution is -0.140. The van der Waals surface area contributed by atoms with E-state index in [1.54, 1.807) is 42.5 Å². The lowest BCUT2D eigenvalue weighted by Gasteiger charge is -2.20. The molecule has 2 aromatic heterocycles. The molecule has 0 unspecified atom stereocenters. The van der Waals surface area contributed by atoms with Crippen molar-refractivity contribution in [1.82, 2.24) is 4.98 Å². The Morgan fingerprint density at radius 2 is 1.85 bits per heavy atom. The Morgan fingerprint density at radius 3 is 2.61 bits per heavy atom. The van der Waals surface area contributed by atoms with Gasteiger partial charge in [-0.2, -0.15) is 0 Å². The number of H-pyrrole nitrogens is 1. The van der Waals surface area contributed by atoms with E-state index in [0.717, 1.165) is 0 Å². The van der Waals surface area contributed by atoms with Crippen LogP contribution in [0.15, 0.2) is 56.5 Å². The van der Waals surface area contributed by atoms with Crippen molar-refractivity contribution in [2.45, 2.75) is 12.3 Å². The van der Waals surface area contributed by atoms with Crippen LogP contribution in [0.3, 0.4) is 0 Å². The number of carbonyl (C=O) groups is 1. The van der Waals surface area contributed by atoms with Gasteiger partial charge in [-0.1, -0.05) is 12.1 Å². The Bertz CT molecular complexity index is 1520. The highest BCUT2D eigenvalue weighted by molar-refractivity contribution is 5.86. The van der Waals surface area contributed by atoms with Crippen molar-refractivity contribution in [2.75, 3.05) is 20.3 Å². The third kappa shape index (κ3) is 3.57. The van der Waals surface area contributed by atoms with Gasteiger partial charge in [0.2, 0.25) is 0 Å². The zero-order valence-corrected chi connectivity index (χ0v) is 17.5. The first-order chi connectivity index (χ1) is 16.0. The number of aromatic hydroxyl groups is 1. The fourth-order valence-electron chi connectivity index (χ4n) is 4.09. The molecule has 4 aromatic rings. The van der Waals surface area contributed by atoms with Crippen molar-refractivity contribution < 1.29 is 28.5 Å². The summed E-state index contributed by atoms with van der Waals surface area (Å²) < 4.78 is 21.3. The zero-order valence-electron chi connectivity index (χ0n) is 17.5. The van der Waals surface area contributed by atoms with Crippen LogP contribution in [0.5, 0.6) is 17.2 Å². The quantitative estimate of drug-likeness (QED) is 0.360. The standard InChI is InChI=1S/C24H19NO8/c1-30-20(26)10-14(21-22(27)13-4-2-3-5-17(13)33-24(21)29)15-8-12-9-18-19(32-7-6-31-18)11-16(12)25-23(15)28/h2-5,8-9,11,14,27H,6-7,10H2,1H3,(H,25,28)/t14-/m1/s1. The summed E-state index contributed by atoms with van der Waals surface area (Å²) in [7, 11) is 1.20. The highest BCUT2D eigenvalue weighted by Gasteiger charge is 2.30. The molecule has 3 heterocycles. The van der Waals surface area contributed by atoms with Crippen LogP contribution in [0.2, 0.25) is 0 Å². The van der Waals surface area contributed by atoms with Gasteiger partial charge in [0.1, 0.15) is 24.5 Å². The number of esters is 1. The lowest BCUT2D eigenvalue weighted by Crippen LogP contribution is -2.24. The molecule has 0 aliphatic carbocycles. The Balaban J connectivity index is 1.74. The van der Waals surface area contributed by atoms with E-state index in [0.29, 0.717) is 41.0 Å². The fourth-order valence-corrected chi connectivity index (χ4v) is 4.09. The molecule has 2 aromatic carbocycles. The molecule has 1 aliphatic rings. The molecular formula is C24H19NO8. The number of aromatic nitrogens is 1. The maximum atomic E-state index is 13.1. The van der Waals surface area contributed by atoms with E-state index in [9.17, 15) is 19.5 Å². The van der Waals surface area contributed by atoms with E-state index >= 15 is 0 Å². The first-order valence-corrected chi connectivity index (χ1v) is 10.2. The van der Waals surface area contributed by atoms with E-state index in [-0.39, 0.29) is 28.9 Å². The Morgan fingerprint density at radius 1 is 1.12 bits per heavy atom. The fraction of sp³-hybridized carbons (Fsp3) is 0.208. The number of nitrogens with one attached hydrogen (secondary N) is 1. The average molecular weight is 449 g/mol. The molecule has 0 spiro atoms.